The van der Waals surface area contributed by atoms with Gasteiger partial charge in [-0.25, -0.2) is 0 Å². The molecule has 0 aliphatic rings. The fourth-order valence-corrected chi connectivity index (χ4v) is 2.36. The maximum absolute atomic E-state index is 5.76. The first-order valence-electron chi connectivity index (χ1n) is 6.33. The molecule has 1 aromatic carbocycles. The third kappa shape index (κ3) is 2.05. The van der Waals surface area contributed by atoms with Gasteiger partial charge in [0.2, 0.25) is 5.95 Å². The summed E-state index contributed by atoms with van der Waals surface area (Å²) in [5.41, 5.74) is 9.88. The molecule has 0 unspecified atom stereocenters. The van der Waals surface area contributed by atoms with Gasteiger partial charge in [0.1, 0.15) is 5.82 Å². The van der Waals surface area contributed by atoms with Crippen LogP contribution in [0.5, 0.6) is 0 Å². The maximum atomic E-state index is 5.76. The molecule has 6 heteroatoms. The van der Waals surface area contributed by atoms with Gasteiger partial charge < -0.3 is 10.6 Å². The van der Waals surface area contributed by atoms with Crippen molar-refractivity contribution in [1.82, 2.24) is 20.2 Å². The van der Waals surface area contributed by atoms with Crippen molar-refractivity contribution in [2.24, 2.45) is 0 Å². The number of nitrogens with one attached hydrogen (secondary N) is 1. The number of aromatic nitrogens is 4. The van der Waals surface area contributed by atoms with Crippen molar-refractivity contribution < 1.29 is 0 Å². The van der Waals surface area contributed by atoms with Crippen LogP contribution in [0.4, 0.5) is 17.5 Å². The van der Waals surface area contributed by atoms with Gasteiger partial charge in [-0.05, 0) is 37.1 Å². The van der Waals surface area contributed by atoms with Crippen molar-refractivity contribution in [3.63, 3.8) is 0 Å². The van der Waals surface area contributed by atoms with Crippen LogP contribution in [-0.4, -0.2) is 27.2 Å². The number of nitrogen functional groups attached to an aromatic ring is 1. The van der Waals surface area contributed by atoms with E-state index in [1.54, 1.807) is 6.20 Å². The monoisotopic (exact) mass is 268 g/mol. The highest BCUT2D eigenvalue weighted by Crippen LogP contribution is 2.29. The molecular weight excluding hydrogens is 252 g/mol. The summed E-state index contributed by atoms with van der Waals surface area (Å²) in [4.78, 5) is 10.5. The average molecular weight is 268 g/mol. The minimum atomic E-state index is 0.230. The lowest BCUT2D eigenvalue weighted by atomic mass is 10.1. The zero-order valence-corrected chi connectivity index (χ0v) is 11.7. The van der Waals surface area contributed by atoms with Crippen molar-refractivity contribution in [3.8, 4) is 0 Å². The second-order valence-corrected chi connectivity index (χ2v) is 4.94. The van der Waals surface area contributed by atoms with Crippen LogP contribution in [0.25, 0.3) is 11.0 Å². The lowest BCUT2D eigenvalue weighted by Gasteiger charge is -2.20. The summed E-state index contributed by atoms with van der Waals surface area (Å²) in [7, 11) is 1.96. The Labute approximate surface area is 116 Å². The molecule has 0 saturated carbocycles. The van der Waals surface area contributed by atoms with Crippen LogP contribution < -0.4 is 10.6 Å². The Morgan fingerprint density at radius 1 is 1.10 bits per heavy atom. The number of hydrogen-bond acceptors (Lipinski definition) is 5. The summed E-state index contributed by atoms with van der Waals surface area (Å²) in [6, 6.07) is 6.35. The van der Waals surface area contributed by atoms with Crippen molar-refractivity contribution in [3.05, 3.63) is 35.5 Å². The lowest BCUT2D eigenvalue weighted by molar-refractivity contribution is 1.08. The van der Waals surface area contributed by atoms with Gasteiger partial charge in [0.25, 0.3) is 0 Å². The Morgan fingerprint density at radius 3 is 2.50 bits per heavy atom. The Morgan fingerprint density at radius 2 is 1.80 bits per heavy atom. The average Bonchev–Trinajstić information content (AvgIpc) is 2.83. The third-order valence-corrected chi connectivity index (χ3v) is 3.22. The topological polar surface area (TPSA) is 83.7 Å². The van der Waals surface area contributed by atoms with E-state index in [-0.39, 0.29) is 5.95 Å². The first-order valence-corrected chi connectivity index (χ1v) is 6.33. The van der Waals surface area contributed by atoms with E-state index < -0.39 is 0 Å². The molecule has 6 nitrogen and oxygen atoms in total. The predicted molar refractivity (Wildman–Crippen MR) is 80.1 cm³/mol. The SMILES string of the molecule is Cc1cc(C)cc(N(C)c2nc(N)nc3[nH]ncc23)c1. The number of nitrogens with zero attached hydrogens (tertiary/aromatic N) is 4. The molecule has 0 atom stereocenters. The Hall–Kier alpha value is -2.63. The molecule has 0 saturated heterocycles. The molecule has 0 bridgehead atoms. The van der Waals surface area contributed by atoms with Crippen LogP contribution in [0.15, 0.2) is 24.4 Å². The van der Waals surface area contributed by atoms with E-state index in [1.165, 1.54) is 11.1 Å². The van der Waals surface area contributed by atoms with E-state index in [0.717, 1.165) is 16.9 Å². The van der Waals surface area contributed by atoms with Crippen LogP contribution in [0, 0.1) is 13.8 Å². The number of fused-ring (bicyclic) bond motifs is 1. The summed E-state index contributed by atoms with van der Waals surface area (Å²) in [6.45, 7) is 4.15. The molecule has 3 aromatic rings. The zero-order chi connectivity index (χ0) is 14.3. The van der Waals surface area contributed by atoms with Crippen molar-refractivity contribution in [1.29, 1.82) is 0 Å². The second kappa shape index (κ2) is 4.48. The van der Waals surface area contributed by atoms with E-state index in [1.807, 2.05) is 11.9 Å². The third-order valence-electron chi connectivity index (χ3n) is 3.22. The summed E-state index contributed by atoms with van der Waals surface area (Å²) >= 11 is 0. The largest absolute Gasteiger partial charge is 0.368 e. The molecule has 0 fully saturated rings. The first-order chi connectivity index (χ1) is 9.54. The molecule has 3 N–H and O–H groups in total. The summed E-state index contributed by atoms with van der Waals surface area (Å²) < 4.78 is 0. The molecule has 102 valence electrons. The highest BCUT2D eigenvalue weighted by molar-refractivity contribution is 5.89. The molecule has 0 spiro atoms. The lowest BCUT2D eigenvalue weighted by Crippen LogP contribution is -2.13. The number of aromatic amines is 1. The van der Waals surface area contributed by atoms with E-state index in [0.29, 0.717) is 5.65 Å². The minimum absolute atomic E-state index is 0.230. The molecule has 0 aliphatic carbocycles. The maximum Gasteiger partial charge on any atom is 0.224 e. The van der Waals surface area contributed by atoms with Gasteiger partial charge in [-0.1, -0.05) is 6.07 Å². The fraction of sp³-hybridized carbons (Fsp3) is 0.214. The Balaban J connectivity index is 2.16. The van der Waals surface area contributed by atoms with Gasteiger partial charge in [-0.2, -0.15) is 15.1 Å². The van der Waals surface area contributed by atoms with Gasteiger partial charge >= 0.3 is 0 Å². The highest BCUT2D eigenvalue weighted by atomic mass is 15.2. The summed E-state index contributed by atoms with van der Waals surface area (Å²) in [5, 5.41) is 7.67. The van der Waals surface area contributed by atoms with Crippen LogP contribution in [0.2, 0.25) is 0 Å². The Kier molecular flexibility index (Phi) is 2.78. The number of rotatable bonds is 2. The smallest absolute Gasteiger partial charge is 0.224 e. The number of aryl methyl sites for hydroxylation is 2. The van der Waals surface area contributed by atoms with Crippen LogP contribution in [0.3, 0.4) is 0 Å². The molecule has 0 aliphatic heterocycles. The van der Waals surface area contributed by atoms with E-state index in [9.17, 15) is 0 Å². The Bertz CT molecular complexity index is 756. The van der Waals surface area contributed by atoms with Crippen molar-refractivity contribution in [2.75, 3.05) is 17.7 Å². The fourth-order valence-electron chi connectivity index (χ4n) is 2.36. The van der Waals surface area contributed by atoms with Crippen molar-refractivity contribution in [2.45, 2.75) is 13.8 Å². The molecule has 3 rings (SSSR count). The normalized spacial score (nSPS) is 10.9. The molecule has 0 radical (unpaired) electrons. The van der Waals surface area contributed by atoms with E-state index >= 15 is 0 Å². The number of benzene rings is 1. The zero-order valence-electron chi connectivity index (χ0n) is 11.7. The summed E-state index contributed by atoms with van der Waals surface area (Å²) in [6.07, 6.45) is 1.71. The molecule has 0 amide bonds. The van der Waals surface area contributed by atoms with Crippen LogP contribution in [0.1, 0.15) is 11.1 Å². The summed E-state index contributed by atoms with van der Waals surface area (Å²) in [5.74, 6) is 0.972. The molecule has 20 heavy (non-hydrogen) atoms. The van der Waals surface area contributed by atoms with Crippen molar-refractivity contribution >= 4 is 28.5 Å². The number of nitrogens with two attached hydrogens (primary N) is 1. The molecule has 2 aromatic heterocycles. The quantitative estimate of drug-likeness (QED) is 0.745. The van der Waals surface area contributed by atoms with E-state index in [4.69, 9.17) is 5.73 Å². The predicted octanol–water partition coefficient (Wildman–Crippen LogP) is 2.32. The van der Waals surface area contributed by atoms with Gasteiger partial charge in [0, 0.05) is 12.7 Å². The van der Waals surface area contributed by atoms with Gasteiger partial charge in [-0.15, -0.1) is 0 Å². The number of hydrogen-bond donors (Lipinski definition) is 2. The number of anilines is 3. The van der Waals surface area contributed by atoms with Gasteiger partial charge in [0.05, 0.1) is 11.6 Å². The van der Waals surface area contributed by atoms with E-state index in [2.05, 4.69) is 52.2 Å². The number of H-pyrrole nitrogens is 1. The molecular formula is C14H16N6. The van der Waals surface area contributed by atoms with Crippen LogP contribution >= 0.6 is 0 Å². The van der Waals surface area contributed by atoms with Gasteiger partial charge in [-0.3, -0.25) is 5.10 Å². The molecule has 2 heterocycles. The minimum Gasteiger partial charge on any atom is -0.368 e. The van der Waals surface area contributed by atoms with Crippen LogP contribution in [-0.2, 0) is 0 Å². The van der Waals surface area contributed by atoms with Gasteiger partial charge in [0.15, 0.2) is 5.65 Å². The second-order valence-electron chi connectivity index (χ2n) is 4.94. The highest BCUT2D eigenvalue weighted by Gasteiger charge is 2.14. The standard InChI is InChI=1S/C14H16N6/c1-8-4-9(2)6-10(5-8)20(3)13-11-7-16-19-12(11)17-14(15)18-13/h4-7H,1-3H3,(H3,15,16,17,18,19). The first kappa shape index (κ1) is 12.4.